The zero-order valence-electron chi connectivity index (χ0n) is 18.7. The number of aromatic nitrogens is 5. The normalized spacial score (nSPS) is 19.0. The summed E-state index contributed by atoms with van der Waals surface area (Å²) in [6, 6.07) is 7.30. The topological polar surface area (TPSA) is 85.9 Å². The molecule has 1 fully saturated rings. The van der Waals surface area contributed by atoms with Crippen LogP contribution in [-0.2, 0) is 19.5 Å². The Labute approximate surface area is 187 Å². The Kier molecular flexibility index (Phi) is 5.76. The van der Waals surface area contributed by atoms with Gasteiger partial charge in [-0.15, -0.1) is 10.2 Å². The van der Waals surface area contributed by atoms with Gasteiger partial charge in [0.25, 0.3) is 11.5 Å². The summed E-state index contributed by atoms with van der Waals surface area (Å²) >= 11 is 0. The van der Waals surface area contributed by atoms with Gasteiger partial charge in [0.15, 0.2) is 5.69 Å². The molecular weight excluding hydrogens is 404 g/mol. The van der Waals surface area contributed by atoms with Crippen molar-refractivity contribution in [3.8, 4) is 0 Å². The molecule has 4 heterocycles. The van der Waals surface area contributed by atoms with Gasteiger partial charge < -0.3 is 9.47 Å². The summed E-state index contributed by atoms with van der Waals surface area (Å²) in [5.74, 6) is 2.18. The Balaban J connectivity index is 1.47. The van der Waals surface area contributed by atoms with Gasteiger partial charge in [0, 0.05) is 43.9 Å². The predicted molar refractivity (Wildman–Crippen MR) is 122 cm³/mol. The summed E-state index contributed by atoms with van der Waals surface area (Å²) in [5, 5.41) is 14.7. The maximum atomic E-state index is 13.6. The average Bonchev–Trinajstić information content (AvgIpc) is 3.09. The molecule has 8 heteroatoms. The second kappa shape index (κ2) is 8.84. The second-order valence-corrected chi connectivity index (χ2v) is 8.95. The van der Waals surface area contributed by atoms with Crippen molar-refractivity contribution in [1.29, 1.82) is 0 Å². The summed E-state index contributed by atoms with van der Waals surface area (Å²) < 4.78 is 3.73. The molecule has 0 aliphatic carbocycles. The molecule has 1 aromatic carbocycles. The monoisotopic (exact) mass is 434 g/mol. The van der Waals surface area contributed by atoms with Crippen LogP contribution in [0.1, 0.15) is 73.5 Å². The highest BCUT2D eigenvalue weighted by Gasteiger charge is 2.31. The Hall–Kier alpha value is -3.03. The SMILES string of the molecule is CCCn1nc(C(=O)N2CCC[C@H](c3nnc4n3CCCCC4)C2)c2ccccc2c1=O. The maximum absolute atomic E-state index is 13.6. The van der Waals surface area contributed by atoms with Crippen molar-refractivity contribution in [2.24, 2.45) is 0 Å². The molecule has 1 amide bonds. The van der Waals surface area contributed by atoms with E-state index < -0.39 is 0 Å². The van der Waals surface area contributed by atoms with E-state index in [1.165, 1.54) is 17.5 Å². The smallest absolute Gasteiger partial charge is 0.274 e. The Morgan fingerprint density at radius 3 is 2.75 bits per heavy atom. The summed E-state index contributed by atoms with van der Waals surface area (Å²) in [6.07, 6.45) is 7.24. The summed E-state index contributed by atoms with van der Waals surface area (Å²) in [6.45, 7) is 4.77. The number of hydrogen-bond acceptors (Lipinski definition) is 5. The van der Waals surface area contributed by atoms with Gasteiger partial charge in [-0.25, -0.2) is 4.68 Å². The van der Waals surface area contributed by atoms with Crippen molar-refractivity contribution < 1.29 is 4.79 Å². The molecule has 0 bridgehead atoms. The maximum Gasteiger partial charge on any atom is 0.274 e. The Morgan fingerprint density at radius 2 is 1.91 bits per heavy atom. The van der Waals surface area contributed by atoms with Crippen LogP contribution in [-0.4, -0.2) is 48.4 Å². The van der Waals surface area contributed by atoms with Crippen molar-refractivity contribution in [3.05, 3.63) is 52.0 Å². The predicted octanol–water partition coefficient (Wildman–Crippen LogP) is 3.14. The van der Waals surface area contributed by atoms with Crippen LogP contribution in [0.15, 0.2) is 29.1 Å². The first-order valence-electron chi connectivity index (χ1n) is 11.9. The van der Waals surface area contributed by atoms with Crippen LogP contribution >= 0.6 is 0 Å². The molecular formula is C24H30N6O2. The number of hydrogen-bond donors (Lipinski definition) is 0. The number of likely N-dealkylation sites (tertiary alicyclic amines) is 1. The minimum absolute atomic E-state index is 0.105. The first-order valence-corrected chi connectivity index (χ1v) is 11.9. The fourth-order valence-corrected chi connectivity index (χ4v) is 5.09. The molecule has 5 rings (SSSR count). The van der Waals surface area contributed by atoms with E-state index >= 15 is 0 Å². The Bertz CT molecular complexity index is 1200. The molecule has 8 nitrogen and oxygen atoms in total. The highest BCUT2D eigenvalue weighted by atomic mass is 16.2. The fraction of sp³-hybridized carbons (Fsp3) is 0.542. The highest BCUT2D eigenvalue weighted by Crippen LogP contribution is 2.29. The summed E-state index contributed by atoms with van der Waals surface area (Å²) in [4.78, 5) is 28.3. The van der Waals surface area contributed by atoms with E-state index in [0.717, 1.165) is 50.3 Å². The molecule has 0 spiro atoms. The lowest BCUT2D eigenvalue weighted by atomic mass is 9.96. The van der Waals surface area contributed by atoms with E-state index in [-0.39, 0.29) is 17.4 Å². The number of aryl methyl sites for hydroxylation is 2. The van der Waals surface area contributed by atoms with Gasteiger partial charge in [0.1, 0.15) is 11.6 Å². The first-order chi connectivity index (χ1) is 15.7. The number of rotatable bonds is 4. The van der Waals surface area contributed by atoms with E-state index in [2.05, 4.69) is 19.9 Å². The summed E-state index contributed by atoms with van der Waals surface area (Å²) in [5.41, 5.74) is 0.232. The van der Waals surface area contributed by atoms with E-state index in [1.807, 2.05) is 30.0 Å². The minimum atomic E-state index is -0.137. The third kappa shape index (κ3) is 3.72. The molecule has 1 atom stereocenters. The molecule has 1 saturated heterocycles. The van der Waals surface area contributed by atoms with Gasteiger partial charge in [0.05, 0.1) is 5.39 Å². The van der Waals surface area contributed by atoms with E-state index in [1.54, 1.807) is 6.07 Å². The van der Waals surface area contributed by atoms with Gasteiger partial charge in [-0.2, -0.15) is 5.10 Å². The third-order valence-electron chi connectivity index (χ3n) is 6.72. The van der Waals surface area contributed by atoms with Crippen molar-refractivity contribution >= 4 is 16.7 Å². The number of carbonyl (C=O) groups is 1. The fourth-order valence-electron chi connectivity index (χ4n) is 5.09. The lowest BCUT2D eigenvalue weighted by Crippen LogP contribution is -2.41. The number of nitrogens with zero attached hydrogens (tertiary/aromatic N) is 6. The highest BCUT2D eigenvalue weighted by molar-refractivity contribution is 6.04. The lowest BCUT2D eigenvalue weighted by molar-refractivity contribution is 0.0696. The van der Waals surface area contributed by atoms with Gasteiger partial charge in [-0.05, 0) is 38.2 Å². The first kappa shape index (κ1) is 20.8. The van der Waals surface area contributed by atoms with Gasteiger partial charge in [-0.1, -0.05) is 31.5 Å². The standard InChI is InChI=1S/C24H30N6O2/c1-2-13-30-23(31)19-11-6-5-10-18(19)21(27-30)24(32)28-14-8-9-17(16-28)22-26-25-20-12-4-3-7-15-29(20)22/h5-6,10-11,17H,2-4,7-9,12-16H2,1H3/t17-/m0/s1. The third-order valence-corrected chi connectivity index (χ3v) is 6.72. The largest absolute Gasteiger partial charge is 0.337 e. The average molecular weight is 435 g/mol. The second-order valence-electron chi connectivity index (χ2n) is 8.95. The zero-order valence-corrected chi connectivity index (χ0v) is 18.7. The van der Waals surface area contributed by atoms with Crippen molar-refractivity contribution in [2.45, 2.75) is 70.9 Å². The van der Waals surface area contributed by atoms with Crippen LogP contribution in [0.25, 0.3) is 10.8 Å². The van der Waals surface area contributed by atoms with Crippen LogP contribution in [0.4, 0.5) is 0 Å². The molecule has 0 unspecified atom stereocenters. The molecule has 2 aliphatic heterocycles. The number of carbonyl (C=O) groups excluding carboxylic acids is 1. The molecule has 32 heavy (non-hydrogen) atoms. The van der Waals surface area contributed by atoms with E-state index in [4.69, 9.17) is 0 Å². The van der Waals surface area contributed by atoms with Gasteiger partial charge in [0.2, 0.25) is 0 Å². The van der Waals surface area contributed by atoms with Crippen LogP contribution in [0.2, 0.25) is 0 Å². The van der Waals surface area contributed by atoms with Crippen LogP contribution < -0.4 is 5.56 Å². The molecule has 0 saturated carbocycles. The Morgan fingerprint density at radius 1 is 1.06 bits per heavy atom. The zero-order chi connectivity index (χ0) is 22.1. The van der Waals surface area contributed by atoms with Crippen molar-refractivity contribution in [1.82, 2.24) is 29.4 Å². The van der Waals surface area contributed by atoms with E-state index in [9.17, 15) is 9.59 Å². The number of fused-ring (bicyclic) bond motifs is 2. The lowest BCUT2D eigenvalue weighted by Gasteiger charge is -2.32. The molecule has 2 aromatic heterocycles. The van der Waals surface area contributed by atoms with Crippen LogP contribution in [0, 0.1) is 0 Å². The molecule has 2 aliphatic rings. The number of piperidine rings is 1. The number of amides is 1. The van der Waals surface area contributed by atoms with Gasteiger partial charge >= 0.3 is 0 Å². The van der Waals surface area contributed by atoms with Gasteiger partial charge in [-0.3, -0.25) is 9.59 Å². The molecule has 168 valence electrons. The quantitative estimate of drug-likeness (QED) is 0.630. The number of benzene rings is 1. The van der Waals surface area contributed by atoms with Crippen molar-refractivity contribution in [3.63, 3.8) is 0 Å². The van der Waals surface area contributed by atoms with Crippen LogP contribution in [0.5, 0.6) is 0 Å². The van der Waals surface area contributed by atoms with Crippen LogP contribution in [0.3, 0.4) is 0 Å². The molecule has 3 aromatic rings. The minimum Gasteiger partial charge on any atom is -0.337 e. The molecule has 0 radical (unpaired) electrons. The molecule has 0 N–H and O–H groups in total. The summed E-state index contributed by atoms with van der Waals surface area (Å²) in [7, 11) is 0. The van der Waals surface area contributed by atoms with Crippen molar-refractivity contribution in [2.75, 3.05) is 13.1 Å². The van der Waals surface area contributed by atoms with E-state index in [0.29, 0.717) is 36.1 Å².